The fourth-order valence-corrected chi connectivity index (χ4v) is 3.15. The summed E-state index contributed by atoms with van der Waals surface area (Å²) in [5.41, 5.74) is 1.05. The van der Waals surface area contributed by atoms with Gasteiger partial charge in [0.2, 0.25) is 0 Å². The van der Waals surface area contributed by atoms with E-state index >= 15 is 0 Å². The van der Waals surface area contributed by atoms with E-state index in [1.165, 1.54) is 5.01 Å². The third-order valence-electron chi connectivity index (χ3n) is 3.63. The Kier molecular flexibility index (Phi) is 10.8. The van der Waals surface area contributed by atoms with Crippen molar-refractivity contribution < 1.29 is 4.74 Å². The van der Waals surface area contributed by atoms with Gasteiger partial charge in [-0.1, -0.05) is 13.8 Å². The first-order valence-electron chi connectivity index (χ1n) is 8.45. The number of halogens is 1. The van der Waals surface area contributed by atoms with Crippen molar-refractivity contribution in [3.05, 3.63) is 16.1 Å². The highest BCUT2D eigenvalue weighted by Crippen LogP contribution is 2.19. The molecular formula is C16H30IN5OS. The molecule has 0 amide bonds. The molecule has 1 saturated heterocycles. The van der Waals surface area contributed by atoms with Gasteiger partial charge in [-0.15, -0.1) is 35.3 Å². The lowest BCUT2D eigenvalue weighted by Gasteiger charge is -2.26. The van der Waals surface area contributed by atoms with Crippen LogP contribution in [0.4, 0.5) is 0 Å². The average Bonchev–Trinajstić information content (AvgIpc) is 3.03. The van der Waals surface area contributed by atoms with E-state index in [-0.39, 0.29) is 24.0 Å². The normalized spacial score (nSPS) is 16.1. The molecule has 0 unspecified atom stereocenters. The van der Waals surface area contributed by atoms with Crippen molar-refractivity contribution in [1.29, 1.82) is 0 Å². The molecule has 0 radical (unpaired) electrons. The van der Waals surface area contributed by atoms with Crippen LogP contribution in [0, 0.1) is 0 Å². The van der Waals surface area contributed by atoms with E-state index in [4.69, 9.17) is 4.74 Å². The molecule has 24 heavy (non-hydrogen) atoms. The molecular weight excluding hydrogens is 437 g/mol. The summed E-state index contributed by atoms with van der Waals surface area (Å²) in [6.45, 7) is 13.5. The first kappa shape index (κ1) is 21.6. The summed E-state index contributed by atoms with van der Waals surface area (Å²) in [6.07, 6.45) is 0. The molecule has 1 aromatic heterocycles. The number of hydrogen-bond donors (Lipinski definition) is 2. The molecule has 0 spiro atoms. The van der Waals surface area contributed by atoms with Crippen LogP contribution in [0.15, 0.2) is 10.4 Å². The minimum absolute atomic E-state index is 0. The molecule has 8 heteroatoms. The van der Waals surface area contributed by atoms with Gasteiger partial charge in [0, 0.05) is 44.0 Å². The van der Waals surface area contributed by atoms with Crippen LogP contribution in [-0.2, 0) is 11.3 Å². The summed E-state index contributed by atoms with van der Waals surface area (Å²) >= 11 is 1.72. The predicted molar refractivity (Wildman–Crippen MR) is 112 cm³/mol. The molecule has 0 aromatic carbocycles. The number of rotatable bonds is 7. The summed E-state index contributed by atoms with van der Waals surface area (Å²) in [7, 11) is 0. The van der Waals surface area contributed by atoms with Gasteiger partial charge in [-0.05, 0) is 6.92 Å². The van der Waals surface area contributed by atoms with E-state index in [1.807, 2.05) is 0 Å². The average molecular weight is 467 g/mol. The quantitative estimate of drug-likeness (QED) is 0.366. The van der Waals surface area contributed by atoms with Gasteiger partial charge in [-0.3, -0.25) is 4.90 Å². The zero-order chi connectivity index (χ0) is 16.5. The lowest BCUT2D eigenvalue weighted by Crippen LogP contribution is -2.44. The molecule has 2 N–H and O–H groups in total. The molecule has 1 aromatic rings. The SMILES string of the molecule is CCNC(=NCc1csc(C(C)C)n1)NCCN1CCOCC1.I. The minimum Gasteiger partial charge on any atom is -0.379 e. The van der Waals surface area contributed by atoms with Crippen LogP contribution in [0.3, 0.4) is 0 Å². The molecule has 0 aliphatic carbocycles. The second kappa shape index (κ2) is 12.0. The Morgan fingerprint density at radius 2 is 2.12 bits per heavy atom. The molecule has 2 heterocycles. The number of nitrogens with zero attached hydrogens (tertiary/aromatic N) is 3. The number of nitrogens with one attached hydrogen (secondary N) is 2. The monoisotopic (exact) mass is 467 g/mol. The highest BCUT2D eigenvalue weighted by Gasteiger charge is 2.10. The summed E-state index contributed by atoms with van der Waals surface area (Å²) in [5.74, 6) is 1.34. The maximum Gasteiger partial charge on any atom is 0.191 e. The van der Waals surface area contributed by atoms with E-state index in [0.29, 0.717) is 12.5 Å². The number of guanidine groups is 1. The van der Waals surface area contributed by atoms with Gasteiger partial charge in [0.15, 0.2) is 5.96 Å². The van der Waals surface area contributed by atoms with Crippen LogP contribution >= 0.6 is 35.3 Å². The van der Waals surface area contributed by atoms with Crippen LogP contribution in [0.25, 0.3) is 0 Å². The summed E-state index contributed by atoms with van der Waals surface area (Å²) < 4.78 is 5.37. The zero-order valence-corrected chi connectivity index (χ0v) is 18.0. The Balaban J connectivity index is 0.00000288. The van der Waals surface area contributed by atoms with Gasteiger partial charge < -0.3 is 15.4 Å². The van der Waals surface area contributed by atoms with Crippen LogP contribution in [0.5, 0.6) is 0 Å². The van der Waals surface area contributed by atoms with E-state index < -0.39 is 0 Å². The van der Waals surface area contributed by atoms with Gasteiger partial charge >= 0.3 is 0 Å². The Morgan fingerprint density at radius 1 is 1.38 bits per heavy atom. The number of thiazole rings is 1. The van der Waals surface area contributed by atoms with Gasteiger partial charge in [0.1, 0.15) is 0 Å². The molecule has 6 nitrogen and oxygen atoms in total. The van der Waals surface area contributed by atoms with E-state index in [9.17, 15) is 0 Å². The molecule has 1 aliphatic heterocycles. The highest BCUT2D eigenvalue weighted by atomic mass is 127. The first-order valence-corrected chi connectivity index (χ1v) is 9.33. The van der Waals surface area contributed by atoms with Crippen LogP contribution < -0.4 is 10.6 Å². The van der Waals surface area contributed by atoms with E-state index in [2.05, 4.69) is 51.7 Å². The Hall–Kier alpha value is -0.450. The van der Waals surface area contributed by atoms with Crippen molar-refractivity contribution in [3.63, 3.8) is 0 Å². The number of hydrogen-bond acceptors (Lipinski definition) is 5. The number of ether oxygens (including phenoxy) is 1. The molecule has 2 rings (SSSR count). The largest absolute Gasteiger partial charge is 0.379 e. The second-order valence-electron chi connectivity index (χ2n) is 5.91. The summed E-state index contributed by atoms with van der Waals surface area (Å²) in [4.78, 5) is 11.7. The predicted octanol–water partition coefficient (Wildman–Crippen LogP) is 2.27. The standard InChI is InChI=1S/C16H29N5OS.HI/c1-4-17-16(18-5-6-21-7-9-22-10-8-21)19-11-14-12-23-15(20-14)13(2)3;/h12-13H,4-11H2,1-3H3,(H2,17,18,19);1H. The molecule has 0 bridgehead atoms. The topological polar surface area (TPSA) is 61.8 Å². The van der Waals surface area contributed by atoms with Crippen molar-refractivity contribution >= 4 is 41.3 Å². The zero-order valence-electron chi connectivity index (χ0n) is 14.9. The third kappa shape index (κ3) is 7.62. The van der Waals surface area contributed by atoms with Gasteiger partial charge in [0.05, 0.1) is 30.5 Å². The molecule has 0 saturated carbocycles. The van der Waals surface area contributed by atoms with Crippen molar-refractivity contribution in [3.8, 4) is 0 Å². The fraction of sp³-hybridized carbons (Fsp3) is 0.750. The van der Waals surface area contributed by atoms with Crippen LogP contribution in [-0.4, -0.2) is 61.8 Å². The molecule has 1 fully saturated rings. The molecule has 138 valence electrons. The highest BCUT2D eigenvalue weighted by molar-refractivity contribution is 14.0. The smallest absolute Gasteiger partial charge is 0.191 e. The van der Waals surface area contributed by atoms with Gasteiger partial charge in [-0.25, -0.2) is 9.98 Å². The maximum atomic E-state index is 5.37. The Bertz CT molecular complexity index is 489. The summed E-state index contributed by atoms with van der Waals surface area (Å²) in [6, 6.07) is 0. The Morgan fingerprint density at radius 3 is 2.75 bits per heavy atom. The van der Waals surface area contributed by atoms with Gasteiger partial charge in [0.25, 0.3) is 0 Å². The second-order valence-corrected chi connectivity index (χ2v) is 6.80. The van der Waals surface area contributed by atoms with Crippen LogP contribution in [0.2, 0.25) is 0 Å². The molecule has 1 aliphatic rings. The maximum absolute atomic E-state index is 5.37. The Labute approximate surface area is 166 Å². The fourth-order valence-electron chi connectivity index (χ4n) is 2.32. The van der Waals surface area contributed by atoms with Crippen molar-refractivity contribution in [2.45, 2.75) is 33.2 Å². The lowest BCUT2D eigenvalue weighted by atomic mass is 10.2. The van der Waals surface area contributed by atoms with E-state index in [0.717, 1.165) is 57.6 Å². The van der Waals surface area contributed by atoms with Crippen molar-refractivity contribution in [1.82, 2.24) is 20.5 Å². The van der Waals surface area contributed by atoms with E-state index in [1.54, 1.807) is 11.3 Å². The molecule has 0 atom stereocenters. The van der Waals surface area contributed by atoms with Crippen LogP contribution in [0.1, 0.15) is 37.4 Å². The lowest BCUT2D eigenvalue weighted by molar-refractivity contribution is 0.0389. The summed E-state index contributed by atoms with van der Waals surface area (Å²) in [5, 5.41) is 9.98. The number of aromatic nitrogens is 1. The first-order chi connectivity index (χ1) is 11.2. The number of aliphatic imine (C=N–C) groups is 1. The third-order valence-corrected chi connectivity index (χ3v) is 4.83. The van der Waals surface area contributed by atoms with Gasteiger partial charge in [-0.2, -0.15) is 0 Å². The van der Waals surface area contributed by atoms with Crippen molar-refractivity contribution in [2.75, 3.05) is 45.9 Å². The van der Waals surface area contributed by atoms with Crippen molar-refractivity contribution in [2.24, 2.45) is 4.99 Å². The number of morpholine rings is 1. The minimum atomic E-state index is 0.